The van der Waals surface area contributed by atoms with Crippen LogP contribution in [0.15, 0.2) is 16.7 Å². The number of nitrogens with zero attached hydrogens (tertiary/aromatic N) is 2. The first-order chi connectivity index (χ1) is 11.2. The first-order valence-electron chi connectivity index (χ1n) is 8.35. The molecule has 0 saturated heterocycles. The highest BCUT2D eigenvalue weighted by Crippen LogP contribution is 2.32. The van der Waals surface area contributed by atoms with Gasteiger partial charge < -0.3 is 20.3 Å². The lowest BCUT2D eigenvalue weighted by Gasteiger charge is -2.15. The summed E-state index contributed by atoms with van der Waals surface area (Å²) in [5, 5.41) is 18.8. The summed E-state index contributed by atoms with van der Waals surface area (Å²) in [5.74, 6) is 1.73. The lowest BCUT2D eigenvalue weighted by molar-refractivity contribution is 0.226. The maximum absolute atomic E-state index is 12.0. The fourth-order valence-corrected chi connectivity index (χ4v) is 3.26. The van der Waals surface area contributed by atoms with Gasteiger partial charge in [0.2, 0.25) is 5.89 Å². The van der Waals surface area contributed by atoms with E-state index in [0.717, 1.165) is 25.1 Å². The molecule has 2 aliphatic carbocycles. The van der Waals surface area contributed by atoms with E-state index in [9.17, 15) is 4.79 Å². The second-order valence-electron chi connectivity index (χ2n) is 6.48. The van der Waals surface area contributed by atoms with E-state index >= 15 is 0 Å². The molecule has 2 amide bonds. The normalized spacial score (nSPS) is 25.7. The predicted molar refractivity (Wildman–Crippen MR) is 83.7 cm³/mol. The van der Waals surface area contributed by atoms with Gasteiger partial charge in [-0.25, -0.2) is 4.79 Å². The number of hydrogen-bond acceptors (Lipinski definition) is 5. The lowest BCUT2D eigenvalue weighted by Crippen LogP contribution is -2.42. The van der Waals surface area contributed by atoms with Crippen LogP contribution in [0, 0.1) is 5.92 Å². The second kappa shape index (κ2) is 7.12. The molecule has 3 rings (SSSR count). The second-order valence-corrected chi connectivity index (χ2v) is 6.48. The maximum Gasteiger partial charge on any atom is 0.315 e. The van der Waals surface area contributed by atoms with Crippen LogP contribution in [0.2, 0.25) is 0 Å². The molecular formula is C16H24N4O3. The Kier molecular flexibility index (Phi) is 4.95. The van der Waals surface area contributed by atoms with Crippen molar-refractivity contribution in [1.82, 2.24) is 20.8 Å². The molecule has 0 bridgehead atoms. The number of aliphatic hydroxyl groups is 1. The van der Waals surface area contributed by atoms with Crippen LogP contribution < -0.4 is 10.6 Å². The van der Waals surface area contributed by atoms with E-state index < -0.39 is 0 Å². The zero-order valence-corrected chi connectivity index (χ0v) is 13.4. The molecule has 7 nitrogen and oxygen atoms in total. The van der Waals surface area contributed by atoms with Crippen molar-refractivity contribution in [3.05, 3.63) is 23.9 Å². The molecule has 1 unspecified atom stereocenters. The van der Waals surface area contributed by atoms with E-state index in [4.69, 9.17) is 9.63 Å². The van der Waals surface area contributed by atoms with Crippen LogP contribution in [0.5, 0.6) is 0 Å². The van der Waals surface area contributed by atoms with Crippen molar-refractivity contribution in [2.24, 2.45) is 5.92 Å². The molecule has 1 saturated carbocycles. The van der Waals surface area contributed by atoms with Gasteiger partial charge in [-0.1, -0.05) is 30.2 Å². The molecule has 1 aromatic heterocycles. The predicted octanol–water partition coefficient (Wildman–Crippen LogP) is 2.02. The molecule has 3 atom stereocenters. The minimum Gasteiger partial charge on any atom is -0.396 e. The van der Waals surface area contributed by atoms with Gasteiger partial charge in [0.25, 0.3) is 0 Å². The number of carbonyl (C=O) groups is 1. The third kappa shape index (κ3) is 3.90. The van der Waals surface area contributed by atoms with E-state index in [0.29, 0.717) is 11.8 Å². The Hall–Kier alpha value is -1.89. The largest absolute Gasteiger partial charge is 0.396 e. The van der Waals surface area contributed by atoms with Gasteiger partial charge in [-0.15, -0.1) is 0 Å². The molecule has 126 valence electrons. The van der Waals surface area contributed by atoms with E-state index in [-0.39, 0.29) is 30.6 Å². The first kappa shape index (κ1) is 16.0. The Bertz CT molecular complexity index is 565. The molecule has 1 heterocycles. The summed E-state index contributed by atoms with van der Waals surface area (Å²) < 4.78 is 5.29. The Morgan fingerprint density at radius 3 is 2.91 bits per heavy atom. The number of aliphatic hydroxyl groups excluding tert-OH is 1. The lowest BCUT2D eigenvalue weighted by atomic mass is 10.1. The topological polar surface area (TPSA) is 100 Å². The van der Waals surface area contributed by atoms with Crippen molar-refractivity contribution < 1.29 is 14.4 Å². The highest BCUT2D eigenvalue weighted by atomic mass is 16.5. The zero-order chi connectivity index (χ0) is 16.2. The molecule has 1 aromatic rings. The number of rotatable bonds is 5. The summed E-state index contributed by atoms with van der Waals surface area (Å²) >= 11 is 0. The summed E-state index contributed by atoms with van der Waals surface area (Å²) in [5.41, 5.74) is 0. The average molecular weight is 320 g/mol. The van der Waals surface area contributed by atoms with E-state index in [1.165, 1.54) is 12.8 Å². The molecule has 1 fully saturated rings. The number of nitrogens with one attached hydrogen (secondary N) is 2. The Morgan fingerprint density at radius 2 is 2.22 bits per heavy atom. The number of hydrogen-bond donors (Lipinski definition) is 3. The summed E-state index contributed by atoms with van der Waals surface area (Å²) in [4.78, 5) is 16.5. The van der Waals surface area contributed by atoms with E-state index in [1.54, 1.807) is 0 Å². The number of aromatic nitrogens is 2. The van der Waals surface area contributed by atoms with E-state index in [2.05, 4.69) is 20.8 Å². The van der Waals surface area contributed by atoms with Gasteiger partial charge in [-0.3, -0.25) is 0 Å². The van der Waals surface area contributed by atoms with Crippen molar-refractivity contribution in [3.8, 4) is 0 Å². The monoisotopic (exact) mass is 320 g/mol. The smallest absolute Gasteiger partial charge is 0.315 e. The molecule has 23 heavy (non-hydrogen) atoms. The van der Waals surface area contributed by atoms with Crippen LogP contribution in [0.4, 0.5) is 4.79 Å². The maximum atomic E-state index is 12.0. The zero-order valence-electron chi connectivity index (χ0n) is 13.4. The summed E-state index contributed by atoms with van der Waals surface area (Å²) in [6, 6.07) is -0.654. The van der Waals surface area contributed by atoms with Crippen molar-refractivity contribution in [3.63, 3.8) is 0 Å². The molecule has 7 heteroatoms. The van der Waals surface area contributed by atoms with Crippen LogP contribution in [-0.2, 0) is 0 Å². The molecule has 0 spiro atoms. The molecule has 2 aliphatic rings. The molecule has 0 aliphatic heterocycles. The highest BCUT2D eigenvalue weighted by molar-refractivity contribution is 5.74. The van der Waals surface area contributed by atoms with Crippen LogP contribution in [-0.4, -0.2) is 33.9 Å². The first-order valence-corrected chi connectivity index (χ1v) is 8.35. The van der Waals surface area contributed by atoms with Crippen molar-refractivity contribution in [2.75, 3.05) is 6.61 Å². The van der Waals surface area contributed by atoms with Gasteiger partial charge in [-0.05, 0) is 26.2 Å². The Balaban J connectivity index is 1.49. The van der Waals surface area contributed by atoms with Crippen LogP contribution in [0.25, 0.3) is 0 Å². The fraction of sp³-hybridized carbons (Fsp3) is 0.688. The van der Waals surface area contributed by atoms with Gasteiger partial charge in [0.05, 0.1) is 0 Å². The molecule has 0 aromatic carbocycles. The summed E-state index contributed by atoms with van der Waals surface area (Å²) in [7, 11) is 0. The van der Waals surface area contributed by atoms with Gasteiger partial charge in [0.15, 0.2) is 5.82 Å². The van der Waals surface area contributed by atoms with E-state index in [1.807, 2.05) is 19.1 Å². The SMILES string of the molecule is CC(NC(=O)N[C@@H]1C=C[C@H](CO)C1)c1nc(C2CCCC2)no1. The Labute approximate surface area is 135 Å². The number of carbonyl (C=O) groups excluding carboxylic acids is 1. The summed E-state index contributed by atoms with van der Waals surface area (Å²) in [6.07, 6.45) is 9.23. The number of amides is 2. The molecule has 3 N–H and O–H groups in total. The van der Waals surface area contributed by atoms with Crippen LogP contribution in [0.1, 0.15) is 62.7 Å². The highest BCUT2D eigenvalue weighted by Gasteiger charge is 2.25. The molecule has 0 radical (unpaired) electrons. The Morgan fingerprint density at radius 1 is 1.43 bits per heavy atom. The third-order valence-electron chi connectivity index (χ3n) is 4.62. The van der Waals surface area contributed by atoms with Crippen LogP contribution >= 0.6 is 0 Å². The van der Waals surface area contributed by atoms with Gasteiger partial charge >= 0.3 is 6.03 Å². The standard InChI is InChI=1S/C16H24N4O3/c1-10(15-19-14(20-23-15)12-4-2-3-5-12)17-16(22)18-13-7-6-11(8-13)9-21/h6-7,10-13,21H,2-5,8-9H2,1H3,(H2,17,18,22)/t10?,11-,13+/m0/s1. The van der Waals surface area contributed by atoms with Crippen molar-refractivity contribution >= 4 is 6.03 Å². The average Bonchev–Trinajstić information content (AvgIpc) is 3.27. The van der Waals surface area contributed by atoms with Crippen LogP contribution in [0.3, 0.4) is 0 Å². The molecular weight excluding hydrogens is 296 g/mol. The van der Waals surface area contributed by atoms with Crippen molar-refractivity contribution in [2.45, 2.75) is 57.0 Å². The van der Waals surface area contributed by atoms with Gasteiger partial charge in [0, 0.05) is 24.5 Å². The quantitative estimate of drug-likeness (QED) is 0.721. The third-order valence-corrected chi connectivity index (χ3v) is 4.62. The fourth-order valence-electron chi connectivity index (χ4n) is 3.26. The summed E-state index contributed by atoms with van der Waals surface area (Å²) in [6.45, 7) is 1.94. The van der Waals surface area contributed by atoms with Crippen molar-refractivity contribution in [1.29, 1.82) is 0 Å². The van der Waals surface area contributed by atoms with Gasteiger partial charge in [0.1, 0.15) is 6.04 Å². The minimum atomic E-state index is -0.336. The minimum absolute atomic E-state index is 0.0453. The van der Waals surface area contributed by atoms with Gasteiger partial charge in [-0.2, -0.15) is 4.98 Å². The number of urea groups is 1.